The Bertz CT molecular complexity index is 1530. The number of carbonyl (C=O) groups is 1. The van der Waals surface area contributed by atoms with Gasteiger partial charge < -0.3 is 9.40 Å². The van der Waals surface area contributed by atoms with Crippen LogP contribution >= 0.6 is 0 Å². The minimum Gasteiger partial charge on any atom is -0.436 e. The number of amides is 1. The number of aromatic amines is 1. The van der Waals surface area contributed by atoms with E-state index in [-0.39, 0.29) is 16.8 Å². The summed E-state index contributed by atoms with van der Waals surface area (Å²) in [6.07, 6.45) is 0. The Labute approximate surface area is 180 Å². The van der Waals surface area contributed by atoms with Gasteiger partial charge in [-0.3, -0.25) is 14.9 Å². The molecule has 5 aromatic rings. The predicted octanol–water partition coefficient (Wildman–Crippen LogP) is 4.13. The molecular formula is C23H15N5O4. The van der Waals surface area contributed by atoms with Gasteiger partial charge in [-0.05, 0) is 30.3 Å². The predicted molar refractivity (Wildman–Crippen MR) is 117 cm³/mol. The average molecular weight is 425 g/mol. The number of benzene rings is 3. The lowest BCUT2D eigenvalue weighted by Gasteiger charge is -2.03. The maximum atomic E-state index is 12.6. The monoisotopic (exact) mass is 425 g/mol. The molecule has 0 radical (unpaired) electrons. The van der Waals surface area contributed by atoms with E-state index < -0.39 is 10.8 Å². The third kappa shape index (κ3) is 3.58. The molecule has 0 aliphatic rings. The summed E-state index contributed by atoms with van der Waals surface area (Å²) in [5, 5.41) is 16.0. The SMILES string of the molecule is O=C(NN=c1oc2ccccc2cc1-c1nc2ccccc2[nH]1)c1cccc([N+](=O)[O-])c1. The van der Waals surface area contributed by atoms with Gasteiger partial charge in [0.2, 0.25) is 5.55 Å². The number of nitrogens with zero attached hydrogens (tertiary/aromatic N) is 3. The van der Waals surface area contributed by atoms with E-state index in [1.807, 2.05) is 48.5 Å². The fourth-order valence-corrected chi connectivity index (χ4v) is 3.33. The summed E-state index contributed by atoms with van der Waals surface area (Å²) >= 11 is 0. The minimum absolute atomic E-state index is 0.106. The second-order valence-electron chi connectivity index (χ2n) is 6.97. The number of hydrogen-bond donors (Lipinski definition) is 2. The van der Waals surface area contributed by atoms with E-state index >= 15 is 0 Å². The van der Waals surface area contributed by atoms with Crippen molar-refractivity contribution in [1.82, 2.24) is 15.4 Å². The van der Waals surface area contributed by atoms with Crippen LogP contribution in [-0.2, 0) is 0 Å². The van der Waals surface area contributed by atoms with Gasteiger partial charge in [0.1, 0.15) is 11.4 Å². The molecule has 0 aliphatic carbocycles. The second kappa shape index (κ2) is 7.80. The van der Waals surface area contributed by atoms with Gasteiger partial charge in [0.25, 0.3) is 11.6 Å². The summed E-state index contributed by atoms with van der Waals surface area (Å²) in [7, 11) is 0. The summed E-state index contributed by atoms with van der Waals surface area (Å²) in [6.45, 7) is 0. The van der Waals surface area contributed by atoms with Crippen LogP contribution in [0.1, 0.15) is 10.4 Å². The van der Waals surface area contributed by atoms with Crippen molar-refractivity contribution >= 4 is 33.6 Å². The first-order valence-corrected chi connectivity index (χ1v) is 9.65. The number of H-pyrrole nitrogens is 1. The Morgan fingerprint density at radius 3 is 2.69 bits per heavy atom. The molecule has 0 atom stereocenters. The number of fused-ring (bicyclic) bond motifs is 2. The molecular weight excluding hydrogens is 410 g/mol. The molecule has 0 spiro atoms. The Morgan fingerprint density at radius 2 is 1.84 bits per heavy atom. The molecule has 0 fully saturated rings. The molecule has 5 rings (SSSR count). The molecule has 0 aliphatic heterocycles. The first-order chi connectivity index (χ1) is 15.6. The van der Waals surface area contributed by atoms with Crippen molar-refractivity contribution in [2.75, 3.05) is 0 Å². The van der Waals surface area contributed by atoms with Crippen LogP contribution in [0.3, 0.4) is 0 Å². The van der Waals surface area contributed by atoms with Crippen LogP contribution in [0.25, 0.3) is 33.4 Å². The molecule has 0 saturated carbocycles. The van der Waals surface area contributed by atoms with Crippen molar-refractivity contribution in [3.63, 3.8) is 0 Å². The molecule has 0 saturated heterocycles. The van der Waals surface area contributed by atoms with Crippen molar-refractivity contribution in [2.24, 2.45) is 5.10 Å². The van der Waals surface area contributed by atoms with E-state index in [0.717, 1.165) is 16.4 Å². The number of aromatic nitrogens is 2. The van der Waals surface area contributed by atoms with Crippen LogP contribution < -0.4 is 11.0 Å². The first kappa shape index (κ1) is 19.2. The van der Waals surface area contributed by atoms with Crippen LogP contribution in [0.15, 0.2) is 88.4 Å². The zero-order valence-corrected chi connectivity index (χ0v) is 16.5. The van der Waals surface area contributed by atoms with Crippen molar-refractivity contribution in [3.05, 3.63) is 100 Å². The highest BCUT2D eigenvalue weighted by Gasteiger charge is 2.13. The van der Waals surface area contributed by atoms with Crippen LogP contribution in [0.2, 0.25) is 0 Å². The molecule has 9 nitrogen and oxygen atoms in total. The van der Waals surface area contributed by atoms with E-state index in [1.54, 1.807) is 6.07 Å². The molecule has 2 N–H and O–H groups in total. The number of para-hydroxylation sites is 3. The molecule has 156 valence electrons. The minimum atomic E-state index is -0.604. The van der Waals surface area contributed by atoms with Crippen LogP contribution in [0, 0.1) is 10.1 Å². The maximum absolute atomic E-state index is 12.6. The normalized spacial score (nSPS) is 11.7. The number of nitrogens with one attached hydrogen (secondary N) is 2. The van der Waals surface area contributed by atoms with E-state index in [0.29, 0.717) is 17.0 Å². The summed E-state index contributed by atoms with van der Waals surface area (Å²) in [5.41, 5.74) is 5.24. The fourth-order valence-electron chi connectivity index (χ4n) is 3.33. The third-order valence-corrected chi connectivity index (χ3v) is 4.88. The van der Waals surface area contributed by atoms with Gasteiger partial charge in [-0.15, -0.1) is 5.10 Å². The van der Waals surface area contributed by atoms with Crippen LogP contribution in [0.4, 0.5) is 5.69 Å². The molecule has 1 amide bonds. The van der Waals surface area contributed by atoms with Crippen LogP contribution in [-0.4, -0.2) is 20.8 Å². The van der Waals surface area contributed by atoms with Crippen LogP contribution in [0.5, 0.6) is 0 Å². The van der Waals surface area contributed by atoms with Crippen molar-refractivity contribution in [1.29, 1.82) is 0 Å². The maximum Gasteiger partial charge on any atom is 0.271 e. The Kier molecular flexibility index (Phi) is 4.68. The van der Waals surface area contributed by atoms with E-state index in [4.69, 9.17) is 4.42 Å². The van der Waals surface area contributed by atoms with Gasteiger partial charge in [0.05, 0.1) is 21.5 Å². The quantitative estimate of drug-likeness (QED) is 0.331. The van der Waals surface area contributed by atoms with Gasteiger partial charge in [0, 0.05) is 23.1 Å². The fraction of sp³-hybridized carbons (Fsp3) is 0. The highest BCUT2D eigenvalue weighted by molar-refractivity contribution is 5.94. The van der Waals surface area contributed by atoms with Gasteiger partial charge in [-0.1, -0.05) is 36.4 Å². The first-order valence-electron chi connectivity index (χ1n) is 9.65. The van der Waals surface area contributed by atoms with Gasteiger partial charge in [0.15, 0.2) is 0 Å². The zero-order chi connectivity index (χ0) is 22.1. The molecule has 3 aromatic carbocycles. The molecule has 9 heteroatoms. The second-order valence-corrected chi connectivity index (χ2v) is 6.97. The Hall–Kier alpha value is -4.79. The third-order valence-electron chi connectivity index (χ3n) is 4.88. The number of nitro benzene ring substituents is 1. The van der Waals surface area contributed by atoms with Gasteiger partial charge >= 0.3 is 0 Å². The van der Waals surface area contributed by atoms with Crippen molar-refractivity contribution in [3.8, 4) is 11.4 Å². The number of imidazole rings is 1. The number of nitro groups is 1. The highest BCUT2D eigenvalue weighted by atomic mass is 16.6. The molecule has 0 bridgehead atoms. The van der Waals surface area contributed by atoms with Crippen molar-refractivity contribution in [2.45, 2.75) is 0 Å². The van der Waals surface area contributed by atoms with E-state index in [9.17, 15) is 14.9 Å². The summed E-state index contributed by atoms with van der Waals surface area (Å²) in [4.78, 5) is 30.8. The lowest BCUT2D eigenvalue weighted by Crippen LogP contribution is -2.22. The molecule has 2 heterocycles. The van der Waals surface area contributed by atoms with Gasteiger partial charge in [-0.25, -0.2) is 10.4 Å². The largest absolute Gasteiger partial charge is 0.436 e. The number of rotatable bonds is 4. The molecule has 32 heavy (non-hydrogen) atoms. The summed E-state index contributed by atoms with van der Waals surface area (Å²) in [5.74, 6) is -0.0725. The molecule has 0 unspecified atom stereocenters. The van der Waals surface area contributed by atoms with Crippen molar-refractivity contribution < 1.29 is 14.1 Å². The van der Waals surface area contributed by atoms with E-state index in [2.05, 4.69) is 20.5 Å². The summed E-state index contributed by atoms with van der Waals surface area (Å²) < 4.78 is 5.94. The van der Waals surface area contributed by atoms with Gasteiger partial charge in [-0.2, -0.15) is 0 Å². The lowest BCUT2D eigenvalue weighted by atomic mass is 10.2. The Morgan fingerprint density at radius 1 is 1.03 bits per heavy atom. The average Bonchev–Trinajstić information content (AvgIpc) is 3.26. The van der Waals surface area contributed by atoms with E-state index in [1.165, 1.54) is 24.3 Å². The summed E-state index contributed by atoms with van der Waals surface area (Å²) in [6, 6.07) is 22.3. The standard InChI is InChI=1S/C23H15N5O4/c29-22(15-7-5-8-16(12-15)28(30)31)26-27-23-17(13-14-6-1-4-11-20(14)32-23)21-24-18-9-2-3-10-19(18)25-21/h1-13H,(H,24,25)(H,26,29). The molecule has 2 aromatic heterocycles. The number of hydrogen-bond acceptors (Lipinski definition) is 6. The smallest absolute Gasteiger partial charge is 0.271 e. The zero-order valence-electron chi connectivity index (χ0n) is 16.5. The topological polar surface area (TPSA) is 126 Å². The lowest BCUT2D eigenvalue weighted by molar-refractivity contribution is -0.384. The number of non-ortho nitro benzene ring substituents is 1. The number of carbonyl (C=O) groups excluding carboxylic acids is 1. The highest BCUT2D eigenvalue weighted by Crippen LogP contribution is 2.21. The Balaban J connectivity index is 1.60.